The van der Waals surface area contributed by atoms with Crippen molar-refractivity contribution in [3.05, 3.63) is 65.2 Å². The molecular formula is C14H13ClFIN2O2. The van der Waals surface area contributed by atoms with Gasteiger partial charge in [-0.15, -0.1) is 0 Å². The summed E-state index contributed by atoms with van der Waals surface area (Å²) >= 11 is 7.60. The lowest BCUT2D eigenvalue weighted by molar-refractivity contribution is 0.548. The van der Waals surface area contributed by atoms with Gasteiger partial charge in [0.05, 0.1) is 15.1 Å². The summed E-state index contributed by atoms with van der Waals surface area (Å²) in [6.45, 7) is 2.31. The highest BCUT2D eigenvalue weighted by molar-refractivity contribution is 14.1. The molecule has 7 heteroatoms. The van der Waals surface area contributed by atoms with Gasteiger partial charge in [-0.25, -0.2) is 9.18 Å². The van der Waals surface area contributed by atoms with Gasteiger partial charge in [-0.2, -0.15) is 0 Å². The van der Waals surface area contributed by atoms with E-state index in [1.165, 1.54) is 22.9 Å². The van der Waals surface area contributed by atoms with Gasteiger partial charge >= 0.3 is 5.69 Å². The Kier molecular flexibility index (Phi) is 5.21. The number of halogens is 3. The van der Waals surface area contributed by atoms with Gasteiger partial charge in [0.15, 0.2) is 0 Å². The van der Waals surface area contributed by atoms with Gasteiger partial charge in [-0.3, -0.25) is 13.9 Å². The standard InChI is InChI=1S/C14H13ClFIN2O2/c1-2-6-18-8-11(17)13(20)19(14(18)21)7-9-4-3-5-10(15)12(9)16/h3-5,8H,2,6-7H2,1H3. The van der Waals surface area contributed by atoms with Gasteiger partial charge in [0.25, 0.3) is 5.56 Å². The minimum atomic E-state index is -0.605. The van der Waals surface area contributed by atoms with Crippen LogP contribution in [0.1, 0.15) is 18.9 Å². The highest BCUT2D eigenvalue weighted by Crippen LogP contribution is 2.18. The number of benzene rings is 1. The zero-order chi connectivity index (χ0) is 15.6. The van der Waals surface area contributed by atoms with E-state index in [9.17, 15) is 14.0 Å². The number of hydrogen-bond donors (Lipinski definition) is 0. The molecule has 0 bridgehead atoms. The second-order valence-corrected chi connectivity index (χ2v) is 6.13. The summed E-state index contributed by atoms with van der Waals surface area (Å²) in [5.41, 5.74) is -0.652. The number of hydrogen-bond acceptors (Lipinski definition) is 2. The molecule has 112 valence electrons. The van der Waals surface area contributed by atoms with Crippen LogP contribution in [0.2, 0.25) is 5.02 Å². The van der Waals surface area contributed by atoms with Crippen LogP contribution in [0.15, 0.2) is 34.0 Å². The van der Waals surface area contributed by atoms with Gasteiger partial charge in [0, 0.05) is 18.3 Å². The number of aryl methyl sites for hydroxylation is 1. The van der Waals surface area contributed by atoms with Crippen molar-refractivity contribution < 1.29 is 4.39 Å². The Morgan fingerprint density at radius 1 is 1.33 bits per heavy atom. The van der Waals surface area contributed by atoms with Crippen molar-refractivity contribution in [3.8, 4) is 0 Å². The predicted molar refractivity (Wildman–Crippen MR) is 88.5 cm³/mol. The molecule has 0 spiro atoms. The molecule has 2 rings (SSSR count). The Hall–Kier alpha value is -1.15. The molecule has 21 heavy (non-hydrogen) atoms. The summed E-state index contributed by atoms with van der Waals surface area (Å²) < 4.78 is 16.9. The predicted octanol–water partition coefficient (Wildman–Crippen LogP) is 2.87. The molecule has 4 nitrogen and oxygen atoms in total. The second kappa shape index (κ2) is 6.74. The van der Waals surface area contributed by atoms with Crippen LogP contribution in [0.5, 0.6) is 0 Å². The Bertz CT molecular complexity index is 786. The van der Waals surface area contributed by atoms with Crippen molar-refractivity contribution in [2.75, 3.05) is 0 Å². The van der Waals surface area contributed by atoms with Crippen molar-refractivity contribution in [1.29, 1.82) is 0 Å². The highest BCUT2D eigenvalue weighted by atomic mass is 127. The zero-order valence-corrected chi connectivity index (χ0v) is 14.2. The lowest BCUT2D eigenvalue weighted by Crippen LogP contribution is -2.41. The van der Waals surface area contributed by atoms with Crippen LogP contribution < -0.4 is 11.2 Å². The molecule has 0 aliphatic heterocycles. The molecule has 0 unspecified atom stereocenters. The van der Waals surface area contributed by atoms with Crippen molar-refractivity contribution in [1.82, 2.24) is 9.13 Å². The largest absolute Gasteiger partial charge is 0.331 e. The summed E-state index contributed by atoms with van der Waals surface area (Å²) in [6, 6.07) is 4.52. The molecule has 0 aliphatic rings. The monoisotopic (exact) mass is 422 g/mol. The molecule has 0 N–H and O–H groups in total. The average Bonchev–Trinajstić information content (AvgIpc) is 2.45. The first-order chi connectivity index (χ1) is 9.95. The maximum atomic E-state index is 13.9. The summed E-state index contributed by atoms with van der Waals surface area (Å²) in [7, 11) is 0. The maximum Gasteiger partial charge on any atom is 0.331 e. The van der Waals surface area contributed by atoms with E-state index in [2.05, 4.69) is 0 Å². The van der Waals surface area contributed by atoms with E-state index in [1.807, 2.05) is 29.5 Å². The van der Waals surface area contributed by atoms with E-state index in [-0.39, 0.29) is 17.1 Å². The lowest BCUT2D eigenvalue weighted by Gasteiger charge is -2.11. The van der Waals surface area contributed by atoms with Crippen molar-refractivity contribution >= 4 is 34.2 Å². The highest BCUT2D eigenvalue weighted by Gasteiger charge is 2.13. The third kappa shape index (κ3) is 3.37. The molecule has 0 saturated carbocycles. The topological polar surface area (TPSA) is 44.0 Å². The first-order valence-electron chi connectivity index (χ1n) is 6.38. The summed E-state index contributed by atoms with van der Waals surface area (Å²) in [5.74, 6) is -0.605. The first-order valence-corrected chi connectivity index (χ1v) is 7.84. The lowest BCUT2D eigenvalue weighted by atomic mass is 10.2. The number of aromatic nitrogens is 2. The molecule has 2 aromatic rings. The average molecular weight is 423 g/mol. The number of nitrogens with zero attached hydrogens (tertiary/aromatic N) is 2. The maximum absolute atomic E-state index is 13.9. The molecule has 0 atom stereocenters. The molecule has 0 fully saturated rings. The van der Waals surface area contributed by atoms with Crippen LogP contribution in [0.4, 0.5) is 4.39 Å². The number of rotatable bonds is 4. The van der Waals surface area contributed by atoms with E-state index < -0.39 is 17.1 Å². The van der Waals surface area contributed by atoms with Gasteiger partial charge in [0.1, 0.15) is 5.82 Å². The van der Waals surface area contributed by atoms with Crippen LogP contribution in [-0.4, -0.2) is 9.13 Å². The van der Waals surface area contributed by atoms with Gasteiger partial charge < -0.3 is 0 Å². The van der Waals surface area contributed by atoms with Crippen molar-refractivity contribution in [2.24, 2.45) is 0 Å². The zero-order valence-electron chi connectivity index (χ0n) is 11.3. The van der Waals surface area contributed by atoms with E-state index in [1.54, 1.807) is 6.07 Å². The molecular weight excluding hydrogens is 410 g/mol. The fourth-order valence-corrected chi connectivity index (χ4v) is 2.82. The van der Waals surface area contributed by atoms with Gasteiger partial charge in [0.2, 0.25) is 0 Å². The molecule has 1 aromatic carbocycles. The molecule has 1 aromatic heterocycles. The first kappa shape index (κ1) is 16.2. The van der Waals surface area contributed by atoms with Gasteiger partial charge in [-0.05, 0) is 35.1 Å². The fourth-order valence-electron chi connectivity index (χ4n) is 2.00. The Balaban J connectivity index is 2.56. The molecule has 1 heterocycles. The van der Waals surface area contributed by atoms with Crippen LogP contribution in [0, 0.1) is 9.39 Å². The fraction of sp³-hybridized carbons (Fsp3) is 0.286. The Morgan fingerprint density at radius 2 is 2.05 bits per heavy atom. The summed E-state index contributed by atoms with van der Waals surface area (Å²) in [6.07, 6.45) is 2.29. The van der Waals surface area contributed by atoms with Crippen LogP contribution in [-0.2, 0) is 13.1 Å². The third-order valence-corrected chi connectivity index (χ3v) is 4.05. The van der Waals surface area contributed by atoms with Gasteiger partial charge in [-0.1, -0.05) is 30.7 Å². The normalized spacial score (nSPS) is 10.9. The summed E-state index contributed by atoms with van der Waals surface area (Å²) in [4.78, 5) is 24.4. The van der Waals surface area contributed by atoms with Crippen LogP contribution in [0.3, 0.4) is 0 Å². The van der Waals surface area contributed by atoms with E-state index in [0.717, 1.165) is 11.0 Å². The minimum absolute atomic E-state index is 0.0277. The smallest absolute Gasteiger partial charge is 0.299 e. The van der Waals surface area contributed by atoms with Crippen LogP contribution >= 0.6 is 34.2 Å². The van der Waals surface area contributed by atoms with Crippen molar-refractivity contribution in [3.63, 3.8) is 0 Å². The second-order valence-electron chi connectivity index (χ2n) is 4.56. The van der Waals surface area contributed by atoms with E-state index in [0.29, 0.717) is 10.1 Å². The molecule has 0 amide bonds. The Labute approximate surface area is 139 Å². The molecule has 0 saturated heterocycles. The van der Waals surface area contributed by atoms with Crippen molar-refractivity contribution in [2.45, 2.75) is 26.4 Å². The summed E-state index contributed by atoms with van der Waals surface area (Å²) in [5, 5.41) is -0.0277. The van der Waals surface area contributed by atoms with Crippen LogP contribution in [0.25, 0.3) is 0 Å². The SMILES string of the molecule is CCCn1cc(I)c(=O)n(Cc2cccc(Cl)c2F)c1=O. The van der Waals surface area contributed by atoms with E-state index >= 15 is 0 Å². The molecule has 0 radical (unpaired) electrons. The minimum Gasteiger partial charge on any atom is -0.299 e. The quantitative estimate of drug-likeness (QED) is 0.711. The third-order valence-electron chi connectivity index (χ3n) is 3.02. The molecule has 0 aliphatic carbocycles. The van der Waals surface area contributed by atoms with E-state index in [4.69, 9.17) is 11.6 Å². The Morgan fingerprint density at radius 3 is 2.71 bits per heavy atom.